The Morgan fingerprint density at radius 3 is 2.53 bits per heavy atom. The van der Waals surface area contributed by atoms with E-state index in [4.69, 9.17) is 0 Å². The van der Waals surface area contributed by atoms with Gasteiger partial charge < -0.3 is 4.90 Å². The number of hydrogen-bond donors (Lipinski definition) is 0. The number of anilines is 1. The second-order valence-electron chi connectivity index (χ2n) is 3.69. The fraction of sp³-hybridized carbons (Fsp3) is 0.462. The van der Waals surface area contributed by atoms with Crippen LogP contribution in [0.15, 0.2) is 24.3 Å². The minimum absolute atomic E-state index is 0.193. The zero-order valence-electron chi connectivity index (χ0n) is 9.79. The van der Waals surface area contributed by atoms with Gasteiger partial charge in [0.05, 0.1) is 0 Å². The van der Waals surface area contributed by atoms with Crippen molar-refractivity contribution in [2.24, 2.45) is 0 Å². The Bertz CT molecular complexity index is 333. The summed E-state index contributed by atoms with van der Waals surface area (Å²) in [5.41, 5.74) is 2.27. The van der Waals surface area contributed by atoms with Crippen molar-refractivity contribution in [3.63, 3.8) is 0 Å². The molecule has 1 amide bonds. The molecule has 2 nitrogen and oxygen atoms in total. The summed E-state index contributed by atoms with van der Waals surface area (Å²) in [6, 6.07) is 8.07. The fourth-order valence-electron chi connectivity index (χ4n) is 1.65. The van der Waals surface area contributed by atoms with E-state index < -0.39 is 0 Å². The van der Waals surface area contributed by atoms with E-state index in [2.05, 4.69) is 13.0 Å². The standard InChI is InChI=1S/C13H19NO/c1-4-8-13(15)14(3)12-10-7-6-9-11(12)5-2/h6-7,9-10H,4-5,8H2,1-3H3. The molecule has 82 valence electrons. The molecule has 0 spiro atoms. The van der Waals surface area contributed by atoms with Gasteiger partial charge in [-0.15, -0.1) is 0 Å². The first kappa shape index (κ1) is 11.8. The lowest BCUT2D eigenvalue weighted by Gasteiger charge is -2.20. The first-order chi connectivity index (χ1) is 7.20. The van der Waals surface area contributed by atoms with Gasteiger partial charge in [0.1, 0.15) is 0 Å². The third kappa shape index (κ3) is 2.82. The molecular formula is C13H19NO. The molecular weight excluding hydrogens is 186 g/mol. The van der Waals surface area contributed by atoms with Crippen LogP contribution in [-0.2, 0) is 11.2 Å². The predicted molar refractivity (Wildman–Crippen MR) is 64.1 cm³/mol. The molecule has 0 aliphatic heterocycles. The van der Waals surface area contributed by atoms with Gasteiger partial charge in [-0.1, -0.05) is 32.0 Å². The number of benzene rings is 1. The van der Waals surface area contributed by atoms with Gasteiger partial charge in [-0.25, -0.2) is 0 Å². The third-order valence-electron chi connectivity index (χ3n) is 2.57. The number of rotatable bonds is 4. The average molecular weight is 205 g/mol. The first-order valence-electron chi connectivity index (χ1n) is 5.55. The molecule has 0 aromatic heterocycles. The second-order valence-corrected chi connectivity index (χ2v) is 3.69. The Morgan fingerprint density at radius 1 is 1.27 bits per heavy atom. The van der Waals surface area contributed by atoms with Crippen LogP contribution in [0.5, 0.6) is 0 Å². The van der Waals surface area contributed by atoms with Crippen molar-refractivity contribution >= 4 is 11.6 Å². The molecule has 0 N–H and O–H groups in total. The van der Waals surface area contributed by atoms with E-state index in [9.17, 15) is 4.79 Å². The van der Waals surface area contributed by atoms with E-state index in [0.29, 0.717) is 6.42 Å². The third-order valence-corrected chi connectivity index (χ3v) is 2.57. The zero-order valence-corrected chi connectivity index (χ0v) is 9.79. The quantitative estimate of drug-likeness (QED) is 0.740. The van der Waals surface area contributed by atoms with Crippen molar-refractivity contribution in [1.29, 1.82) is 0 Å². The molecule has 0 heterocycles. The molecule has 0 unspecified atom stereocenters. The highest BCUT2D eigenvalue weighted by molar-refractivity contribution is 5.93. The molecule has 0 saturated heterocycles. The number of para-hydroxylation sites is 1. The summed E-state index contributed by atoms with van der Waals surface area (Å²) in [6.45, 7) is 4.13. The van der Waals surface area contributed by atoms with Crippen LogP contribution in [0.25, 0.3) is 0 Å². The van der Waals surface area contributed by atoms with Crippen LogP contribution in [0.4, 0.5) is 5.69 Å². The first-order valence-corrected chi connectivity index (χ1v) is 5.55. The Kier molecular flexibility index (Phi) is 4.35. The molecule has 0 bridgehead atoms. The fourth-order valence-corrected chi connectivity index (χ4v) is 1.65. The summed E-state index contributed by atoms with van der Waals surface area (Å²) in [4.78, 5) is 13.5. The van der Waals surface area contributed by atoms with Gasteiger partial charge in [0.15, 0.2) is 0 Å². The molecule has 1 aromatic carbocycles. The van der Waals surface area contributed by atoms with Gasteiger partial charge in [0.25, 0.3) is 0 Å². The van der Waals surface area contributed by atoms with Crippen LogP contribution in [0, 0.1) is 0 Å². The van der Waals surface area contributed by atoms with Gasteiger partial charge in [-0.3, -0.25) is 4.79 Å². The van der Waals surface area contributed by atoms with Crippen molar-refractivity contribution in [3.8, 4) is 0 Å². The van der Waals surface area contributed by atoms with E-state index in [1.807, 2.05) is 32.2 Å². The summed E-state index contributed by atoms with van der Waals surface area (Å²) in [5, 5.41) is 0. The summed E-state index contributed by atoms with van der Waals surface area (Å²) in [5.74, 6) is 0.193. The monoisotopic (exact) mass is 205 g/mol. The molecule has 0 radical (unpaired) electrons. The van der Waals surface area contributed by atoms with Gasteiger partial charge in [0, 0.05) is 19.2 Å². The molecule has 0 fully saturated rings. The van der Waals surface area contributed by atoms with Crippen molar-refractivity contribution in [2.45, 2.75) is 33.1 Å². The topological polar surface area (TPSA) is 20.3 Å². The van der Waals surface area contributed by atoms with Crippen molar-refractivity contribution < 1.29 is 4.79 Å². The van der Waals surface area contributed by atoms with Gasteiger partial charge >= 0.3 is 0 Å². The van der Waals surface area contributed by atoms with Crippen molar-refractivity contribution in [3.05, 3.63) is 29.8 Å². The van der Waals surface area contributed by atoms with E-state index in [1.54, 1.807) is 4.90 Å². The number of hydrogen-bond acceptors (Lipinski definition) is 1. The Morgan fingerprint density at radius 2 is 1.93 bits per heavy atom. The molecule has 0 atom stereocenters. The Balaban J connectivity index is 2.89. The summed E-state index contributed by atoms with van der Waals surface area (Å²) in [6.07, 6.45) is 2.48. The van der Waals surface area contributed by atoms with Gasteiger partial charge in [0.2, 0.25) is 5.91 Å². The maximum absolute atomic E-state index is 11.7. The van der Waals surface area contributed by atoms with Crippen LogP contribution >= 0.6 is 0 Å². The zero-order chi connectivity index (χ0) is 11.3. The number of aryl methyl sites for hydroxylation is 1. The van der Waals surface area contributed by atoms with Crippen LogP contribution in [0.1, 0.15) is 32.3 Å². The predicted octanol–water partition coefficient (Wildman–Crippen LogP) is 3.01. The highest BCUT2D eigenvalue weighted by Gasteiger charge is 2.11. The maximum atomic E-state index is 11.7. The smallest absolute Gasteiger partial charge is 0.226 e. The number of carbonyl (C=O) groups is 1. The molecule has 1 rings (SSSR count). The minimum atomic E-state index is 0.193. The summed E-state index contributed by atoms with van der Waals surface area (Å²) >= 11 is 0. The molecule has 0 aliphatic rings. The van der Waals surface area contributed by atoms with Crippen LogP contribution < -0.4 is 4.90 Å². The lowest BCUT2D eigenvalue weighted by atomic mass is 10.1. The van der Waals surface area contributed by atoms with Crippen LogP contribution in [0.2, 0.25) is 0 Å². The molecule has 0 saturated carbocycles. The highest BCUT2D eigenvalue weighted by atomic mass is 16.2. The molecule has 2 heteroatoms. The van der Waals surface area contributed by atoms with Crippen LogP contribution in [0.3, 0.4) is 0 Å². The normalized spacial score (nSPS) is 10.1. The van der Waals surface area contributed by atoms with E-state index in [1.165, 1.54) is 5.56 Å². The number of nitrogens with zero attached hydrogens (tertiary/aromatic N) is 1. The minimum Gasteiger partial charge on any atom is -0.315 e. The molecule has 15 heavy (non-hydrogen) atoms. The maximum Gasteiger partial charge on any atom is 0.226 e. The van der Waals surface area contributed by atoms with E-state index in [0.717, 1.165) is 18.5 Å². The molecule has 1 aromatic rings. The SMILES string of the molecule is CCCC(=O)N(C)c1ccccc1CC. The van der Waals surface area contributed by atoms with Crippen LogP contribution in [-0.4, -0.2) is 13.0 Å². The van der Waals surface area contributed by atoms with Crippen molar-refractivity contribution in [2.75, 3.05) is 11.9 Å². The Labute approximate surface area is 91.9 Å². The lowest BCUT2D eigenvalue weighted by Crippen LogP contribution is -2.26. The largest absolute Gasteiger partial charge is 0.315 e. The van der Waals surface area contributed by atoms with Crippen molar-refractivity contribution in [1.82, 2.24) is 0 Å². The van der Waals surface area contributed by atoms with E-state index >= 15 is 0 Å². The summed E-state index contributed by atoms with van der Waals surface area (Å²) in [7, 11) is 1.85. The second kappa shape index (κ2) is 5.54. The molecule has 0 aliphatic carbocycles. The number of carbonyl (C=O) groups excluding carboxylic acids is 1. The van der Waals surface area contributed by atoms with E-state index in [-0.39, 0.29) is 5.91 Å². The summed E-state index contributed by atoms with van der Waals surface area (Å²) < 4.78 is 0. The Hall–Kier alpha value is -1.31. The highest BCUT2D eigenvalue weighted by Crippen LogP contribution is 2.20. The average Bonchev–Trinajstić information content (AvgIpc) is 2.28. The number of amides is 1. The lowest BCUT2D eigenvalue weighted by molar-refractivity contribution is -0.118. The van der Waals surface area contributed by atoms with Gasteiger partial charge in [-0.2, -0.15) is 0 Å². The van der Waals surface area contributed by atoms with Gasteiger partial charge in [-0.05, 0) is 24.5 Å².